The molecule has 0 heterocycles. The fraction of sp³-hybridized carbons (Fsp3) is 0.394. The van der Waals surface area contributed by atoms with E-state index >= 15 is 0 Å². The number of nitrogens with one attached hydrogen (secondary N) is 1. The van der Waals surface area contributed by atoms with E-state index in [1.165, 1.54) is 31.3 Å². The number of ether oxygens (including phenoxy) is 2. The Morgan fingerprint density at radius 1 is 0.930 bits per heavy atom. The van der Waals surface area contributed by atoms with Gasteiger partial charge >= 0.3 is 0 Å². The van der Waals surface area contributed by atoms with E-state index in [4.69, 9.17) is 9.47 Å². The summed E-state index contributed by atoms with van der Waals surface area (Å²) in [5.74, 6) is 0.0206. The van der Waals surface area contributed by atoms with Crippen LogP contribution in [0.1, 0.15) is 50.2 Å². The number of para-hydroxylation sites is 2. The molecule has 0 spiro atoms. The van der Waals surface area contributed by atoms with Crippen molar-refractivity contribution in [2.45, 2.75) is 69.5 Å². The van der Waals surface area contributed by atoms with Gasteiger partial charge in [0.1, 0.15) is 24.1 Å². The second kappa shape index (κ2) is 14.4. The molecule has 230 valence electrons. The van der Waals surface area contributed by atoms with Crippen LogP contribution in [0.5, 0.6) is 11.5 Å². The molecule has 1 atom stereocenters. The smallest absolute Gasteiger partial charge is 0.264 e. The molecule has 9 nitrogen and oxygen atoms in total. The minimum atomic E-state index is -4.24. The van der Waals surface area contributed by atoms with Gasteiger partial charge in [0, 0.05) is 12.6 Å². The van der Waals surface area contributed by atoms with E-state index in [9.17, 15) is 18.0 Å². The molecule has 1 aliphatic carbocycles. The van der Waals surface area contributed by atoms with Crippen LogP contribution in [-0.2, 0) is 26.2 Å². The number of sulfonamides is 1. The van der Waals surface area contributed by atoms with Gasteiger partial charge in [-0.2, -0.15) is 0 Å². The highest BCUT2D eigenvalue weighted by atomic mass is 32.2. The van der Waals surface area contributed by atoms with Crippen LogP contribution in [0, 0.1) is 6.92 Å². The minimum Gasteiger partial charge on any atom is -0.497 e. The molecule has 0 radical (unpaired) electrons. The lowest BCUT2D eigenvalue weighted by Gasteiger charge is -2.33. The van der Waals surface area contributed by atoms with Crippen LogP contribution in [-0.4, -0.2) is 58.0 Å². The maximum Gasteiger partial charge on any atom is 0.264 e. The maximum atomic E-state index is 14.2. The zero-order chi connectivity index (χ0) is 31.0. The third-order valence-electron chi connectivity index (χ3n) is 7.83. The van der Waals surface area contributed by atoms with E-state index in [0.29, 0.717) is 11.5 Å². The van der Waals surface area contributed by atoms with E-state index < -0.39 is 28.5 Å². The standard InChI is InChI=1S/C33H41N3O6S/c1-24-11-10-12-26(21-24)22-35(25(2)33(38)34-27-13-6-5-7-14-27)32(37)23-36(30-15-8-9-16-31(30)42-4)43(39,40)29-19-17-28(41-3)18-20-29/h8-12,15-21,25,27H,5-7,13-14,22-23H2,1-4H3,(H,34,38). The molecule has 1 aliphatic rings. The van der Waals surface area contributed by atoms with Crippen LogP contribution in [0.25, 0.3) is 0 Å². The van der Waals surface area contributed by atoms with Crippen molar-refractivity contribution in [3.05, 3.63) is 83.9 Å². The van der Waals surface area contributed by atoms with Gasteiger partial charge in [-0.05, 0) is 68.7 Å². The number of carbonyl (C=O) groups is 2. The van der Waals surface area contributed by atoms with E-state index in [0.717, 1.165) is 47.5 Å². The summed E-state index contributed by atoms with van der Waals surface area (Å²) in [4.78, 5) is 29.1. The van der Waals surface area contributed by atoms with E-state index in [1.807, 2.05) is 31.2 Å². The normalized spacial score (nSPS) is 14.4. The van der Waals surface area contributed by atoms with Gasteiger partial charge in [-0.15, -0.1) is 0 Å². The fourth-order valence-corrected chi connectivity index (χ4v) is 6.81. The number of nitrogens with zero attached hydrogens (tertiary/aromatic N) is 2. The number of anilines is 1. The summed E-state index contributed by atoms with van der Waals surface area (Å²) in [6.45, 7) is 3.25. The van der Waals surface area contributed by atoms with Gasteiger partial charge in [0.2, 0.25) is 11.8 Å². The van der Waals surface area contributed by atoms with E-state index in [1.54, 1.807) is 43.3 Å². The van der Waals surface area contributed by atoms with Crippen molar-refractivity contribution in [3.63, 3.8) is 0 Å². The predicted octanol–water partition coefficient (Wildman–Crippen LogP) is 5.07. The van der Waals surface area contributed by atoms with Crippen molar-refractivity contribution in [3.8, 4) is 11.5 Å². The Morgan fingerprint density at radius 3 is 2.28 bits per heavy atom. The number of aryl methyl sites for hydroxylation is 1. The Kier molecular flexibility index (Phi) is 10.7. The monoisotopic (exact) mass is 607 g/mol. The molecule has 0 saturated heterocycles. The quantitative estimate of drug-likeness (QED) is 0.308. The molecule has 0 aromatic heterocycles. The van der Waals surface area contributed by atoms with Crippen molar-refractivity contribution in [2.75, 3.05) is 25.1 Å². The van der Waals surface area contributed by atoms with Crippen molar-refractivity contribution >= 4 is 27.5 Å². The summed E-state index contributed by atoms with van der Waals surface area (Å²) >= 11 is 0. The lowest BCUT2D eigenvalue weighted by atomic mass is 9.95. The van der Waals surface area contributed by atoms with Crippen LogP contribution in [0.2, 0.25) is 0 Å². The predicted molar refractivity (Wildman–Crippen MR) is 167 cm³/mol. The number of carbonyl (C=O) groups excluding carboxylic acids is 2. The van der Waals surface area contributed by atoms with Crippen LogP contribution in [0.15, 0.2) is 77.7 Å². The Morgan fingerprint density at radius 2 is 1.63 bits per heavy atom. The van der Waals surface area contributed by atoms with Crippen LogP contribution >= 0.6 is 0 Å². The third kappa shape index (κ3) is 7.87. The molecule has 1 fully saturated rings. The number of benzene rings is 3. The molecule has 1 saturated carbocycles. The molecule has 0 aliphatic heterocycles. The number of hydrogen-bond donors (Lipinski definition) is 1. The first kappa shape index (κ1) is 31.9. The van der Waals surface area contributed by atoms with Gasteiger partial charge < -0.3 is 19.7 Å². The highest BCUT2D eigenvalue weighted by Crippen LogP contribution is 2.33. The first-order chi connectivity index (χ1) is 20.6. The van der Waals surface area contributed by atoms with Crippen molar-refractivity contribution in [1.82, 2.24) is 10.2 Å². The second-order valence-electron chi connectivity index (χ2n) is 10.9. The van der Waals surface area contributed by atoms with Gasteiger partial charge in [0.05, 0.1) is 24.8 Å². The summed E-state index contributed by atoms with van der Waals surface area (Å²) in [5, 5.41) is 3.12. The van der Waals surface area contributed by atoms with E-state index in [-0.39, 0.29) is 29.1 Å². The summed E-state index contributed by atoms with van der Waals surface area (Å²) < 4.78 is 40.0. The zero-order valence-electron chi connectivity index (χ0n) is 25.3. The largest absolute Gasteiger partial charge is 0.497 e. The lowest BCUT2D eigenvalue weighted by molar-refractivity contribution is -0.139. The summed E-state index contributed by atoms with van der Waals surface area (Å²) in [6, 6.07) is 19.6. The summed E-state index contributed by atoms with van der Waals surface area (Å²) in [6.07, 6.45) is 5.09. The van der Waals surface area contributed by atoms with Crippen LogP contribution in [0.4, 0.5) is 5.69 Å². The minimum absolute atomic E-state index is 0.0136. The number of rotatable bonds is 12. The van der Waals surface area contributed by atoms with Gasteiger partial charge in [-0.3, -0.25) is 13.9 Å². The highest BCUT2D eigenvalue weighted by molar-refractivity contribution is 7.92. The summed E-state index contributed by atoms with van der Waals surface area (Å²) in [5.41, 5.74) is 2.07. The number of amides is 2. The number of methoxy groups -OCH3 is 2. The average Bonchev–Trinajstić information content (AvgIpc) is 3.02. The van der Waals surface area contributed by atoms with Crippen LogP contribution in [0.3, 0.4) is 0 Å². The number of hydrogen-bond acceptors (Lipinski definition) is 6. The maximum absolute atomic E-state index is 14.2. The van der Waals surface area contributed by atoms with Crippen LogP contribution < -0.4 is 19.1 Å². The second-order valence-corrected chi connectivity index (χ2v) is 12.8. The van der Waals surface area contributed by atoms with Gasteiger partial charge in [0.25, 0.3) is 10.0 Å². The van der Waals surface area contributed by atoms with Gasteiger partial charge in [-0.1, -0.05) is 61.2 Å². The first-order valence-corrected chi connectivity index (χ1v) is 16.0. The highest BCUT2D eigenvalue weighted by Gasteiger charge is 2.34. The Hall–Kier alpha value is -4.05. The van der Waals surface area contributed by atoms with Gasteiger partial charge in [0.15, 0.2) is 0 Å². The first-order valence-electron chi connectivity index (χ1n) is 14.6. The Labute approximate surface area is 254 Å². The average molecular weight is 608 g/mol. The Balaban J connectivity index is 1.71. The zero-order valence-corrected chi connectivity index (χ0v) is 26.1. The molecule has 1 N–H and O–H groups in total. The summed E-state index contributed by atoms with van der Waals surface area (Å²) in [7, 11) is -1.30. The molecule has 10 heteroatoms. The molecule has 1 unspecified atom stereocenters. The molecular formula is C33H41N3O6S. The fourth-order valence-electron chi connectivity index (χ4n) is 5.38. The van der Waals surface area contributed by atoms with Crippen molar-refractivity contribution < 1.29 is 27.5 Å². The van der Waals surface area contributed by atoms with Gasteiger partial charge in [-0.25, -0.2) is 8.42 Å². The molecule has 43 heavy (non-hydrogen) atoms. The molecule has 3 aromatic carbocycles. The topological polar surface area (TPSA) is 105 Å². The molecule has 2 amide bonds. The SMILES string of the molecule is COc1ccc(S(=O)(=O)N(CC(=O)N(Cc2cccc(C)c2)C(C)C(=O)NC2CCCCC2)c2ccccc2OC)cc1. The Bertz CT molecular complexity index is 1500. The van der Waals surface area contributed by atoms with Crippen molar-refractivity contribution in [1.29, 1.82) is 0 Å². The van der Waals surface area contributed by atoms with Crippen molar-refractivity contribution in [2.24, 2.45) is 0 Å². The molecule has 4 rings (SSSR count). The lowest BCUT2D eigenvalue weighted by Crippen LogP contribution is -2.53. The van der Waals surface area contributed by atoms with E-state index in [2.05, 4.69) is 5.32 Å². The molecule has 3 aromatic rings. The molecule has 0 bridgehead atoms. The molecular weight excluding hydrogens is 566 g/mol. The third-order valence-corrected chi connectivity index (χ3v) is 9.61.